The minimum atomic E-state index is 0.217. The number of hydrogen-bond donors (Lipinski definition) is 1. The fourth-order valence-electron chi connectivity index (χ4n) is 1.37. The van der Waals surface area contributed by atoms with Gasteiger partial charge in [0.1, 0.15) is 0 Å². The van der Waals surface area contributed by atoms with Crippen LogP contribution >= 0.6 is 11.3 Å². The summed E-state index contributed by atoms with van der Waals surface area (Å²) in [5.74, 6) is 1.30. The molecule has 96 valence electrons. The highest BCUT2D eigenvalue weighted by Gasteiger charge is 2.11. The molecule has 2 N–H and O–H groups in total. The van der Waals surface area contributed by atoms with Crippen molar-refractivity contribution in [3.8, 4) is 0 Å². The molecule has 8 heteroatoms. The van der Waals surface area contributed by atoms with Gasteiger partial charge < -0.3 is 15.5 Å². The lowest BCUT2D eigenvalue weighted by atomic mass is 10.4. The molecule has 0 amide bonds. The van der Waals surface area contributed by atoms with Crippen LogP contribution in [0.4, 0.5) is 17.8 Å². The van der Waals surface area contributed by atoms with Gasteiger partial charge in [-0.15, -0.1) is 11.3 Å². The summed E-state index contributed by atoms with van der Waals surface area (Å²) in [6.45, 7) is 0.639. The molecule has 2 heterocycles. The zero-order valence-electron chi connectivity index (χ0n) is 10.5. The van der Waals surface area contributed by atoms with Crippen molar-refractivity contribution in [2.75, 3.05) is 36.7 Å². The molecule has 0 aromatic carbocycles. The Bertz CT molecular complexity index is 511. The molecule has 0 aliphatic rings. The topological polar surface area (TPSA) is 84.1 Å². The third-order valence-electron chi connectivity index (χ3n) is 2.25. The van der Waals surface area contributed by atoms with Crippen molar-refractivity contribution >= 4 is 29.2 Å². The molecule has 0 fully saturated rings. The van der Waals surface area contributed by atoms with Crippen molar-refractivity contribution in [1.82, 2.24) is 19.9 Å². The van der Waals surface area contributed by atoms with E-state index in [1.807, 2.05) is 31.4 Å². The zero-order chi connectivity index (χ0) is 13.1. The Hall–Kier alpha value is -1.96. The molecule has 2 aromatic heterocycles. The van der Waals surface area contributed by atoms with Gasteiger partial charge in [0.15, 0.2) is 0 Å². The average Bonchev–Trinajstić information content (AvgIpc) is 2.80. The lowest BCUT2D eigenvalue weighted by molar-refractivity contribution is 0.831. The monoisotopic (exact) mass is 265 g/mol. The molecule has 0 atom stereocenters. The van der Waals surface area contributed by atoms with E-state index in [4.69, 9.17) is 5.73 Å². The molecular weight excluding hydrogens is 250 g/mol. The van der Waals surface area contributed by atoms with Gasteiger partial charge in [0.25, 0.3) is 0 Å². The van der Waals surface area contributed by atoms with Gasteiger partial charge in [0.05, 0.1) is 17.7 Å². The molecule has 0 saturated carbocycles. The molecule has 0 spiro atoms. The molecule has 0 unspecified atom stereocenters. The van der Waals surface area contributed by atoms with E-state index in [-0.39, 0.29) is 5.95 Å². The Kier molecular flexibility index (Phi) is 3.56. The summed E-state index contributed by atoms with van der Waals surface area (Å²) in [7, 11) is 5.62. The van der Waals surface area contributed by atoms with Crippen molar-refractivity contribution in [2.45, 2.75) is 6.54 Å². The maximum Gasteiger partial charge on any atom is 0.232 e. The van der Waals surface area contributed by atoms with Gasteiger partial charge in [-0.3, -0.25) is 0 Å². The Labute approximate surface area is 109 Å². The zero-order valence-corrected chi connectivity index (χ0v) is 11.3. The van der Waals surface area contributed by atoms with Crippen LogP contribution in [0.15, 0.2) is 10.9 Å². The Morgan fingerprint density at radius 2 is 1.89 bits per heavy atom. The van der Waals surface area contributed by atoms with Gasteiger partial charge >= 0.3 is 0 Å². The SMILES string of the molecule is CN(C)c1nc(N)nc(N(C)Cc2cscn2)n1. The van der Waals surface area contributed by atoms with Crippen LogP contribution in [0.5, 0.6) is 0 Å². The van der Waals surface area contributed by atoms with Crippen molar-refractivity contribution in [3.63, 3.8) is 0 Å². The Morgan fingerprint density at radius 1 is 1.17 bits per heavy atom. The predicted octanol–water partition coefficient (Wildman–Crippen LogP) is 0.613. The van der Waals surface area contributed by atoms with Crippen LogP contribution in [0, 0.1) is 0 Å². The summed E-state index contributed by atoms with van der Waals surface area (Å²) < 4.78 is 0. The third-order valence-corrected chi connectivity index (χ3v) is 2.89. The first-order valence-electron chi connectivity index (χ1n) is 5.33. The maximum atomic E-state index is 5.68. The van der Waals surface area contributed by atoms with E-state index in [0.29, 0.717) is 18.4 Å². The number of thiazole rings is 1. The van der Waals surface area contributed by atoms with E-state index < -0.39 is 0 Å². The number of rotatable bonds is 4. The molecule has 0 saturated heterocycles. The van der Waals surface area contributed by atoms with Gasteiger partial charge in [-0.05, 0) is 0 Å². The van der Waals surface area contributed by atoms with Crippen LogP contribution in [-0.2, 0) is 6.54 Å². The minimum absolute atomic E-state index is 0.217. The van der Waals surface area contributed by atoms with E-state index in [1.165, 1.54) is 0 Å². The van der Waals surface area contributed by atoms with E-state index >= 15 is 0 Å². The molecule has 18 heavy (non-hydrogen) atoms. The standard InChI is InChI=1S/C10H15N7S/c1-16(2)9-13-8(11)14-10(15-9)17(3)4-7-5-18-6-12-7/h5-6H,4H2,1-3H3,(H2,11,13,14,15). The number of hydrogen-bond acceptors (Lipinski definition) is 8. The smallest absolute Gasteiger partial charge is 0.232 e. The van der Waals surface area contributed by atoms with Crippen molar-refractivity contribution < 1.29 is 0 Å². The van der Waals surface area contributed by atoms with Gasteiger partial charge in [0, 0.05) is 26.5 Å². The second-order valence-corrected chi connectivity index (χ2v) is 4.74. The fraction of sp³-hybridized carbons (Fsp3) is 0.400. The molecule has 2 rings (SSSR count). The van der Waals surface area contributed by atoms with Crippen LogP contribution in [-0.4, -0.2) is 41.1 Å². The summed E-state index contributed by atoms with van der Waals surface area (Å²) in [4.78, 5) is 20.4. The first kappa shape index (κ1) is 12.5. The largest absolute Gasteiger partial charge is 0.368 e. The summed E-state index contributed by atoms with van der Waals surface area (Å²) in [5, 5.41) is 1.99. The van der Waals surface area contributed by atoms with Crippen molar-refractivity contribution in [2.24, 2.45) is 0 Å². The second-order valence-electron chi connectivity index (χ2n) is 4.02. The van der Waals surface area contributed by atoms with Gasteiger partial charge in [-0.25, -0.2) is 4.98 Å². The molecule has 0 aliphatic heterocycles. The predicted molar refractivity (Wildman–Crippen MR) is 72.8 cm³/mol. The Balaban J connectivity index is 2.21. The fourth-order valence-corrected chi connectivity index (χ4v) is 1.92. The second kappa shape index (κ2) is 5.13. The van der Waals surface area contributed by atoms with E-state index in [0.717, 1.165) is 5.69 Å². The first-order valence-corrected chi connectivity index (χ1v) is 6.27. The van der Waals surface area contributed by atoms with Gasteiger partial charge in [-0.2, -0.15) is 15.0 Å². The van der Waals surface area contributed by atoms with Crippen LogP contribution in [0.25, 0.3) is 0 Å². The van der Waals surface area contributed by atoms with Crippen LogP contribution in [0.1, 0.15) is 5.69 Å². The summed E-state index contributed by atoms with van der Waals surface area (Å²) >= 11 is 1.56. The van der Waals surface area contributed by atoms with E-state index in [1.54, 1.807) is 21.7 Å². The highest BCUT2D eigenvalue weighted by molar-refractivity contribution is 7.07. The van der Waals surface area contributed by atoms with Crippen molar-refractivity contribution in [3.05, 3.63) is 16.6 Å². The van der Waals surface area contributed by atoms with Crippen LogP contribution in [0.2, 0.25) is 0 Å². The number of nitrogens with two attached hydrogens (primary N) is 1. The maximum absolute atomic E-state index is 5.68. The number of nitrogens with zero attached hydrogens (tertiary/aromatic N) is 6. The number of aromatic nitrogens is 4. The Morgan fingerprint density at radius 3 is 2.50 bits per heavy atom. The number of nitrogen functional groups attached to an aromatic ring is 1. The van der Waals surface area contributed by atoms with Crippen LogP contribution < -0.4 is 15.5 Å². The quantitative estimate of drug-likeness (QED) is 0.867. The number of anilines is 3. The molecular formula is C10H15N7S. The highest BCUT2D eigenvalue weighted by atomic mass is 32.1. The van der Waals surface area contributed by atoms with E-state index in [2.05, 4.69) is 19.9 Å². The molecule has 2 aromatic rings. The summed E-state index contributed by atoms with van der Waals surface area (Å²) in [6, 6.07) is 0. The van der Waals surface area contributed by atoms with Gasteiger partial charge in [-0.1, -0.05) is 0 Å². The van der Waals surface area contributed by atoms with Gasteiger partial charge in [0.2, 0.25) is 17.8 Å². The lowest BCUT2D eigenvalue weighted by Gasteiger charge is -2.18. The lowest BCUT2D eigenvalue weighted by Crippen LogP contribution is -2.22. The minimum Gasteiger partial charge on any atom is -0.368 e. The first-order chi connectivity index (χ1) is 8.56. The summed E-state index contributed by atoms with van der Waals surface area (Å²) in [6.07, 6.45) is 0. The molecule has 0 radical (unpaired) electrons. The molecule has 0 bridgehead atoms. The van der Waals surface area contributed by atoms with Crippen LogP contribution in [0.3, 0.4) is 0 Å². The third kappa shape index (κ3) is 2.83. The highest BCUT2D eigenvalue weighted by Crippen LogP contribution is 2.14. The van der Waals surface area contributed by atoms with Crippen molar-refractivity contribution in [1.29, 1.82) is 0 Å². The van der Waals surface area contributed by atoms with E-state index in [9.17, 15) is 0 Å². The normalized spacial score (nSPS) is 10.4. The summed E-state index contributed by atoms with van der Waals surface area (Å²) in [5.41, 5.74) is 8.46. The molecule has 7 nitrogen and oxygen atoms in total. The molecule has 0 aliphatic carbocycles. The average molecular weight is 265 g/mol.